The minimum Gasteiger partial charge on any atom is -0.481 e. The quantitative estimate of drug-likeness (QED) is 0.857. The summed E-state index contributed by atoms with van der Waals surface area (Å²) in [5, 5.41) is 9.36. The van der Waals surface area contributed by atoms with E-state index in [1.54, 1.807) is 11.8 Å². The second kappa shape index (κ2) is 3.81. The van der Waals surface area contributed by atoms with Crippen molar-refractivity contribution in [3.63, 3.8) is 0 Å². The molecule has 1 N–H and O–H groups in total. The van der Waals surface area contributed by atoms with E-state index >= 15 is 0 Å². The average Bonchev–Trinajstić information content (AvgIpc) is 2.60. The Morgan fingerprint density at radius 1 is 1.50 bits per heavy atom. The van der Waals surface area contributed by atoms with Crippen LogP contribution in [0.4, 0.5) is 0 Å². The van der Waals surface area contributed by atoms with Crippen LogP contribution in [-0.2, 0) is 11.2 Å². The third-order valence-corrected chi connectivity index (χ3v) is 4.94. The van der Waals surface area contributed by atoms with Gasteiger partial charge in [0.25, 0.3) is 0 Å². The van der Waals surface area contributed by atoms with E-state index in [0.717, 1.165) is 6.42 Å². The van der Waals surface area contributed by atoms with Crippen LogP contribution in [0, 0.1) is 12.3 Å². The van der Waals surface area contributed by atoms with E-state index in [9.17, 15) is 9.90 Å². The largest absolute Gasteiger partial charge is 0.481 e. The summed E-state index contributed by atoms with van der Waals surface area (Å²) in [6.07, 6.45) is 0.862. The van der Waals surface area contributed by atoms with Crippen molar-refractivity contribution < 1.29 is 9.90 Å². The summed E-state index contributed by atoms with van der Waals surface area (Å²) < 4.78 is 0. The first-order valence-corrected chi connectivity index (χ1v) is 6.29. The number of thioether (sulfide) groups is 1. The van der Waals surface area contributed by atoms with Crippen molar-refractivity contribution in [3.05, 3.63) is 29.3 Å². The lowest BCUT2D eigenvalue weighted by atomic mass is 9.86. The Hall–Kier alpha value is -0.960. The highest BCUT2D eigenvalue weighted by Crippen LogP contribution is 2.45. The fourth-order valence-electron chi connectivity index (χ4n) is 1.92. The van der Waals surface area contributed by atoms with Gasteiger partial charge in [-0.05, 0) is 38.8 Å². The van der Waals surface area contributed by atoms with Crippen LogP contribution in [0.2, 0.25) is 0 Å². The Morgan fingerprint density at radius 2 is 2.19 bits per heavy atom. The Kier molecular flexibility index (Phi) is 2.74. The maximum atomic E-state index is 11.2. The number of carboxylic acid groups (broad SMARTS) is 1. The van der Waals surface area contributed by atoms with Crippen LogP contribution in [0.3, 0.4) is 0 Å². The summed E-state index contributed by atoms with van der Waals surface area (Å²) in [7, 11) is 0. The number of hydrogen-bond acceptors (Lipinski definition) is 2. The smallest absolute Gasteiger partial charge is 0.310 e. The first kappa shape index (κ1) is 11.5. The van der Waals surface area contributed by atoms with E-state index in [4.69, 9.17) is 0 Å². The first-order chi connectivity index (χ1) is 7.41. The number of carbonyl (C=O) groups is 1. The van der Waals surface area contributed by atoms with Gasteiger partial charge in [-0.25, -0.2) is 0 Å². The Morgan fingerprint density at radius 3 is 2.81 bits per heavy atom. The van der Waals surface area contributed by atoms with Crippen molar-refractivity contribution in [2.45, 2.75) is 37.3 Å². The second-order valence-corrected chi connectivity index (χ2v) is 6.19. The summed E-state index contributed by atoms with van der Waals surface area (Å²) in [5.41, 5.74) is 1.87. The molecule has 0 saturated heterocycles. The van der Waals surface area contributed by atoms with Gasteiger partial charge in [0.15, 0.2) is 0 Å². The summed E-state index contributed by atoms with van der Waals surface area (Å²) >= 11 is 1.70. The van der Waals surface area contributed by atoms with Gasteiger partial charge in [-0.2, -0.15) is 0 Å². The SMILES string of the molecule is Cc1ccc2c(c1)CC(C(C)(C)C(=O)O)S2. The molecule has 1 aliphatic heterocycles. The molecule has 0 bridgehead atoms. The lowest BCUT2D eigenvalue weighted by Gasteiger charge is -2.25. The molecule has 0 aromatic heterocycles. The number of fused-ring (bicyclic) bond motifs is 1. The Balaban J connectivity index is 2.26. The number of carboxylic acids is 1. The summed E-state index contributed by atoms with van der Waals surface area (Å²) in [6.45, 7) is 5.69. The number of hydrogen-bond donors (Lipinski definition) is 1. The molecule has 1 unspecified atom stereocenters. The third-order valence-electron chi connectivity index (χ3n) is 3.25. The zero-order chi connectivity index (χ0) is 11.9. The van der Waals surface area contributed by atoms with Crippen LogP contribution >= 0.6 is 11.8 Å². The Labute approximate surface area is 100 Å². The van der Waals surface area contributed by atoms with E-state index in [0.29, 0.717) is 0 Å². The van der Waals surface area contributed by atoms with Crippen molar-refractivity contribution in [1.29, 1.82) is 0 Å². The van der Waals surface area contributed by atoms with E-state index in [1.807, 2.05) is 13.8 Å². The minimum atomic E-state index is -0.713. The van der Waals surface area contributed by atoms with Crippen molar-refractivity contribution >= 4 is 17.7 Å². The third kappa shape index (κ3) is 1.84. The summed E-state index contributed by atoms with van der Waals surface area (Å²) in [5.74, 6) is -0.713. The van der Waals surface area contributed by atoms with Crippen LogP contribution in [0.5, 0.6) is 0 Å². The molecule has 0 amide bonds. The van der Waals surface area contributed by atoms with Crippen molar-refractivity contribution in [1.82, 2.24) is 0 Å². The van der Waals surface area contributed by atoms with Crippen LogP contribution in [0.25, 0.3) is 0 Å². The lowest BCUT2D eigenvalue weighted by Crippen LogP contribution is -2.34. The molecule has 0 aliphatic carbocycles. The molecule has 0 fully saturated rings. The van der Waals surface area contributed by atoms with Gasteiger partial charge in [0.1, 0.15) is 0 Å². The number of rotatable bonds is 2. The topological polar surface area (TPSA) is 37.3 Å². The monoisotopic (exact) mass is 236 g/mol. The average molecular weight is 236 g/mol. The lowest BCUT2D eigenvalue weighted by molar-refractivity contribution is -0.146. The molecule has 0 radical (unpaired) electrons. The van der Waals surface area contributed by atoms with Gasteiger partial charge in [0.05, 0.1) is 5.41 Å². The second-order valence-electron chi connectivity index (χ2n) is 4.95. The molecule has 16 heavy (non-hydrogen) atoms. The molecular formula is C13H16O2S. The molecule has 1 aromatic rings. The predicted octanol–water partition coefficient (Wildman–Crippen LogP) is 3.12. The molecule has 2 nitrogen and oxygen atoms in total. The van der Waals surface area contributed by atoms with Gasteiger partial charge in [-0.15, -0.1) is 11.8 Å². The molecule has 1 aromatic carbocycles. The zero-order valence-corrected chi connectivity index (χ0v) is 10.6. The highest BCUT2D eigenvalue weighted by Gasteiger charge is 2.40. The van der Waals surface area contributed by atoms with Crippen LogP contribution in [-0.4, -0.2) is 16.3 Å². The normalized spacial score (nSPS) is 19.6. The van der Waals surface area contributed by atoms with Gasteiger partial charge < -0.3 is 5.11 Å². The summed E-state index contributed by atoms with van der Waals surface area (Å²) in [6, 6.07) is 6.36. The zero-order valence-electron chi connectivity index (χ0n) is 9.78. The summed E-state index contributed by atoms with van der Waals surface area (Å²) in [4.78, 5) is 12.5. The fourth-order valence-corrected chi connectivity index (χ4v) is 3.32. The number of benzene rings is 1. The van der Waals surface area contributed by atoms with Gasteiger partial charge in [0.2, 0.25) is 0 Å². The fraction of sp³-hybridized carbons (Fsp3) is 0.462. The van der Waals surface area contributed by atoms with Gasteiger partial charge in [0, 0.05) is 10.1 Å². The molecule has 86 valence electrons. The highest BCUT2D eigenvalue weighted by molar-refractivity contribution is 8.00. The molecule has 1 atom stereocenters. The number of aliphatic carboxylic acids is 1. The maximum absolute atomic E-state index is 11.2. The standard InChI is InChI=1S/C13H16O2S/c1-8-4-5-10-9(6-8)7-11(16-10)13(2,3)12(14)15/h4-6,11H,7H2,1-3H3,(H,14,15). The van der Waals surface area contributed by atoms with E-state index in [-0.39, 0.29) is 5.25 Å². The Bertz CT molecular complexity index is 438. The van der Waals surface area contributed by atoms with Crippen LogP contribution < -0.4 is 0 Å². The molecule has 1 aliphatic rings. The van der Waals surface area contributed by atoms with Crippen molar-refractivity contribution in [2.75, 3.05) is 0 Å². The maximum Gasteiger partial charge on any atom is 0.310 e. The minimum absolute atomic E-state index is 0.141. The van der Waals surface area contributed by atoms with Crippen molar-refractivity contribution in [2.24, 2.45) is 5.41 Å². The molecule has 2 rings (SSSR count). The molecule has 1 heterocycles. The first-order valence-electron chi connectivity index (χ1n) is 5.41. The molecular weight excluding hydrogens is 220 g/mol. The van der Waals surface area contributed by atoms with Gasteiger partial charge in [-0.3, -0.25) is 4.79 Å². The van der Waals surface area contributed by atoms with Crippen LogP contribution in [0.1, 0.15) is 25.0 Å². The molecule has 3 heteroatoms. The van der Waals surface area contributed by atoms with E-state index in [1.165, 1.54) is 16.0 Å². The van der Waals surface area contributed by atoms with Crippen molar-refractivity contribution in [3.8, 4) is 0 Å². The van der Waals surface area contributed by atoms with E-state index in [2.05, 4.69) is 25.1 Å². The molecule has 0 saturated carbocycles. The van der Waals surface area contributed by atoms with Gasteiger partial charge in [-0.1, -0.05) is 17.7 Å². The van der Waals surface area contributed by atoms with E-state index < -0.39 is 11.4 Å². The highest BCUT2D eigenvalue weighted by atomic mass is 32.2. The predicted molar refractivity (Wildman–Crippen MR) is 65.9 cm³/mol. The molecule has 0 spiro atoms. The van der Waals surface area contributed by atoms with Crippen LogP contribution in [0.15, 0.2) is 23.1 Å². The van der Waals surface area contributed by atoms with Gasteiger partial charge >= 0.3 is 5.97 Å². The number of aryl methyl sites for hydroxylation is 1.